The predicted octanol–water partition coefficient (Wildman–Crippen LogP) is 1.81. The van der Waals surface area contributed by atoms with E-state index in [0.29, 0.717) is 11.3 Å². The van der Waals surface area contributed by atoms with Crippen LogP contribution in [0.3, 0.4) is 0 Å². The molecule has 1 rings (SSSR count). The third kappa shape index (κ3) is 3.32. The fraction of sp³-hybridized carbons (Fsp3) is 0.500. The molecule has 0 aromatic heterocycles. The van der Waals surface area contributed by atoms with Crippen molar-refractivity contribution in [3.05, 3.63) is 29.3 Å². The van der Waals surface area contributed by atoms with Crippen molar-refractivity contribution < 1.29 is 8.42 Å². The molecule has 1 unspecified atom stereocenters. The predicted molar refractivity (Wildman–Crippen MR) is 66.2 cm³/mol. The van der Waals surface area contributed by atoms with E-state index in [0.717, 1.165) is 11.1 Å². The highest BCUT2D eigenvalue weighted by molar-refractivity contribution is 7.91. The normalized spacial score (nSPS) is 13.8. The van der Waals surface area contributed by atoms with Crippen LogP contribution in [0.4, 0.5) is 0 Å². The van der Waals surface area contributed by atoms with E-state index in [1.807, 2.05) is 26.8 Å². The lowest BCUT2D eigenvalue weighted by Crippen LogP contribution is -2.20. The molecule has 0 spiro atoms. The third-order valence-electron chi connectivity index (χ3n) is 2.68. The number of hydrogen-bond acceptors (Lipinski definition) is 3. The van der Waals surface area contributed by atoms with E-state index >= 15 is 0 Å². The molecule has 1 aromatic carbocycles. The van der Waals surface area contributed by atoms with Crippen molar-refractivity contribution in [3.8, 4) is 0 Å². The monoisotopic (exact) mass is 241 g/mol. The van der Waals surface area contributed by atoms with Crippen molar-refractivity contribution in [1.29, 1.82) is 0 Å². The summed E-state index contributed by atoms with van der Waals surface area (Å²) in [6, 6.07) is 5.15. The van der Waals surface area contributed by atoms with Crippen molar-refractivity contribution in [1.82, 2.24) is 0 Å². The molecular formula is C12H19NO2S. The summed E-state index contributed by atoms with van der Waals surface area (Å²) in [5, 5.41) is 0. The molecule has 0 saturated heterocycles. The second-order valence-electron chi connectivity index (χ2n) is 4.33. The van der Waals surface area contributed by atoms with Gasteiger partial charge in [0.1, 0.15) is 0 Å². The highest BCUT2D eigenvalue weighted by Crippen LogP contribution is 2.16. The average Bonchev–Trinajstić information content (AvgIpc) is 2.19. The minimum absolute atomic E-state index is 0.0821. The van der Waals surface area contributed by atoms with Gasteiger partial charge in [-0.1, -0.05) is 6.07 Å². The Morgan fingerprint density at radius 2 is 1.88 bits per heavy atom. The van der Waals surface area contributed by atoms with Gasteiger partial charge in [0, 0.05) is 6.04 Å². The number of aryl methyl sites for hydroxylation is 2. The van der Waals surface area contributed by atoms with Crippen LogP contribution in [-0.2, 0) is 9.84 Å². The summed E-state index contributed by atoms with van der Waals surface area (Å²) < 4.78 is 23.9. The van der Waals surface area contributed by atoms with Gasteiger partial charge >= 0.3 is 0 Å². The molecule has 0 aliphatic carbocycles. The molecule has 0 fully saturated rings. The van der Waals surface area contributed by atoms with Gasteiger partial charge in [0.15, 0.2) is 9.84 Å². The van der Waals surface area contributed by atoms with Gasteiger partial charge in [0.05, 0.1) is 10.6 Å². The van der Waals surface area contributed by atoms with Gasteiger partial charge in [0.2, 0.25) is 0 Å². The van der Waals surface area contributed by atoms with Gasteiger partial charge in [-0.25, -0.2) is 8.42 Å². The van der Waals surface area contributed by atoms with Gasteiger partial charge in [-0.05, 0) is 50.5 Å². The van der Waals surface area contributed by atoms with Crippen molar-refractivity contribution >= 4 is 9.84 Å². The van der Waals surface area contributed by atoms with E-state index in [4.69, 9.17) is 5.73 Å². The Kier molecular flexibility index (Phi) is 4.10. The van der Waals surface area contributed by atoms with Gasteiger partial charge in [-0.3, -0.25) is 0 Å². The molecule has 0 amide bonds. The Morgan fingerprint density at radius 1 is 1.25 bits per heavy atom. The molecule has 0 aliphatic rings. The van der Waals surface area contributed by atoms with Crippen molar-refractivity contribution in [3.63, 3.8) is 0 Å². The number of sulfone groups is 1. The lowest BCUT2D eigenvalue weighted by Gasteiger charge is -2.08. The van der Waals surface area contributed by atoms with E-state index in [1.165, 1.54) is 0 Å². The molecule has 2 N–H and O–H groups in total. The van der Waals surface area contributed by atoms with E-state index in [1.54, 1.807) is 12.1 Å². The van der Waals surface area contributed by atoms with Gasteiger partial charge in [-0.15, -0.1) is 0 Å². The first kappa shape index (κ1) is 13.2. The molecule has 3 nitrogen and oxygen atoms in total. The molecule has 0 bridgehead atoms. The Labute approximate surface area is 97.6 Å². The summed E-state index contributed by atoms with van der Waals surface area (Å²) in [6.07, 6.45) is 0.495. The minimum atomic E-state index is -3.17. The van der Waals surface area contributed by atoms with Crippen LogP contribution in [0.1, 0.15) is 24.5 Å². The van der Waals surface area contributed by atoms with E-state index in [9.17, 15) is 8.42 Å². The zero-order chi connectivity index (χ0) is 12.3. The van der Waals surface area contributed by atoms with Crippen LogP contribution in [0, 0.1) is 13.8 Å². The summed E-state index contributed by atoms with van der Waals surface area (Å²) in [5.41, 5.74) is 7.67. The summed E-state index contributed by atoms with van der Waals surface area (Å²) in [5.74, 6) is 0.118. The fourth-order valence-corrected chi connectivity index (χ4v) is 2.92. The molecule has 1 atom stereocenters. The summed E-state index contributed by atoms with van der Waals surface area (Å²) in [7, 11) is -3.17. The Hall–Kier alpha value is -0.870. The second-order valence-corrected chi connectivity index (χ2v) is 6.44. The number of nitrogens with two attached hydrogens (primary N) is 1. The first-order chi connectivity index (χ1) is 7.33. The van der Waals surface area contributed by atoms with Gasteiger partial charge in [0.25, 0.3) is 0 Å². The maximum absolute atomic E-state index is 11.9. The van der Waals surface area contributed by atoms with Crippen molar-refractivity contribution in [2.75, 3.05) is 5.75 Å². The molecule has 4 heteroatoms. The molecule has 16 heavy (non-hydrogen) atoms. The number of benzene rings is 1. The lowest BCUT2D eigenvalue weighted by molar-refractivity contribution is 0.587. The molecule has 0 heterocycles. The summed E-state index contributed by atoms with van der Waals surface area (Å²) in [4.78, 5) is 0.399. The molecule has 90 valence electrons. The van der Waals surface area contributed by atoms with Gasteiger partial charge in [-0.2, -0.15) is 0 Å². The summed E-state index contributed by atoms with van der Waals surface area (Å²) >= 11 is 0. The molecule has 0 radical (unpaired) electrons. The van der Waals surface area contributed by atoms with Crippen LogP contribution in [0.15, 0.2) is 23.1 Å². The zero-order valence-electron chi connectivity index (χ0n) is 10.0. The van der Waals surface area contributed by atoms with Crippen LogP contribution in [-0.4, -0.2) is 20.2 Å². The second kappa shape index (κ2) is 4.97. The summed E-state index contributed by atoms with van der Waals surface area (Å²) in [6.45, 7) is 5.70. The van der Waals surface area contributed by atoms with Crippen LogP contribution >= 0.6 is 0 Å². The topological polar surface area (TPSA) is 60.2 Å². The van der Waals surface area contributed by atoms with E-state index in [2.05, 4.69) is 0 Å². The SMILES string of the molecule is Cc1ccc(S(=O)(=O)CCC(C)N)cc1C. The van der Waals surface area contributed by atoms with E-state index in [-0.39, 0.29) is 11.8 Å². The van der Waals surface area contributed by atoms with E-state index < -0.39 is 9.84 Å². The smallest absolute Gasteiger partial charge is 0.178 e. The molecule has 0 saturated carbocycles. The highest BCUT2D eigenvalue weighted by Gasteiger charge is 2.15. The van der Waals surface area contributed by atoms with Crippen LogP contribution < -0.4 is 5.73 Å². The zero-order valence-corrected chi connectivity index (χ0v) is 10.8. The Morgan fingerprint density at radius 3 is 2.38 bits per heavy atom. The molecular weight excluding hydrogens is 222 g/mol. The largest absolute Gasteiger partial charge is 0.328 e. The first-order valence-electron chi connectivity index (χ1n) is 5.38. The minimum Gasteiger partial charge on any atom is -0.328 e. The Bertz CT molecular complexity index is 464. The maximum Gasteiger partial charge on any atom is 0.178 e. The highest BCUT2D eigenvalue weighted by atomic mass is 32.2. The third-order valence-corrected chi connectivity index (χ3v) is 4.42. The Balaban J connectivity index is 2.94. The van der Waals surface area contributed by atoms with Crippen molar-refractivity contribution in [2.24, 2.45) is 5.73 Å². The lowest BCUT2D eigenvalue weighted by atomic mass is 10.1. The first-order valence-corrected chi connectivity index (χ1v) is 7.04. The van der Waals surface area contributed by atoms with Crippen LogP contribution in [0.5, 0.6) is 0 Å². The van der Waals surface area contributed by atoms with Crippen LogP contribution in [0.25, 0.3) is 0 Å². The maximum atomic E-state index is 11.9. The van der Waals surface area contributed by atoms with Crippen molar-refractivity contribution in [2.45, 2.75) is 38.1 Å². The molecule has 0 aliphatic heterocycles. The number of hydrogen-bond donors (Lipinski definition) is 1. The average molecular weight is 241 g/mol. The standard InChI is InChI=1S/C12H19NO2S/c1-9-4-5-12(8-10(9)2)16(14,15)7-6-11(3)13/h4-5,8,11H,6-7,13H2,1-3H3. The fourth-order valence-electron chi connectivity index (χ4n) is 1.37. The number of rotatable bonds is 4. The van der Waals surface area contributed by atoms with Gasteiger partial charge < -0.3 is 5.73 Å². The molecule has 1 aromatic rings. The quantitative estimate of drug-likeness (QED) is 0.874. The van der Waals surface area contributed by atoms with Crippen LogP contribution in [0.2, 0.25) is 0 Å².